The fourth-order valence-corrected chi connectivity index (χ4v) is 1.32. The molecule has 18 heavy (non-hydrogen) atoms. The largest absolute Gasteiger partial charge is 0.463 e. The first-order chi connectivity index (χ1) is 8.76. The van der Waals surface area contributed by atoms with E-state index in [1.807, 2.05) is 30.3 Å². The molecule has 0 saturated heterocycles. The van der Waals surface area contributed by atoms with Crippen molar-refractivity contribution in [2.45, 2.75) is 19.6 Å². The van der Waals surface area contributed by atoms with Crippen molar-refractivity contribution in [3.05, 3.63) is 48.0 Å². The summed E-state index contributed by atoms with van der Waals surface area (Å²) in [6, 6.07) is 9.63. The smallest absolute Gasteiger partial charge is 0.330 e. The molecule has 0 saturated carbocycles. The Balaban J connectivity index is 2.40. The van der Waals surface area contributed by atoms with E-state index < -0.39 is 12.1 Å². The molecule has 98 valence electrons. The summed E-state index contributed by atoms with van der Waals surface area (Å²) in [5, 5.41) is 9.12. The molecule has 0 amide bonds. The van der Waals surface area contributed by atoms with Gasteiger partial charge in [0.2, 0.25) is 0 Å². The van der Waals surface area contributed by atoms with Crippen LogP contribution < -0.4 is 0 Å². The van der Waals surface area contributed by atoms with Crippen LogP contribution in [0.25, 0.3) is 0 Å². The van der Waals surface area contributed by atoms with E-state index in [1.165, 1.54) is 12.2 Å². The molecule has 0 fully saturated rings. The molecule has 4 heteroatoms. The molecule has 1 rings (SSSR count). The zero-order valence-electron chi connectivity index (χ0n) is 10.4. The maximum atomic E-state index is 11.1. The van der Waals surface area contributed by atoms with Gasteiger partial charge >= 0.3 is 5.97 Å². The van der Waals surface area contributed by atoms with Gasteiger partial charge in [-0.3, -0.25) is 0 Å². The van der Waals surface area contributed by atoms with Gasteiger partial charge in [-0.2, -0.15) is 0 Å². The summed E-state index contributed by atoms with van der Waals surface area (Å²) in [6.07, 6.45) is 2.27. The SMILES string of the molecule is CCOC(=O)/C=C\[C@H](CO)OCc1ccccc1. The van der Waals surface area contributed by atoms with Crippen molar-refractivity contribution < 1.29 is 19.4 Å². The van der Waals surface area contributed by atoms with E-state index >= 15 is 0 Å². The number of esters is 1. The van der Waals surface area contributed by atoms with Crippen molar-refractivity contribution in [3.63, 3.8) is 0 Å². The number of aliphatic hydroxyl groups is 1. The van der Waals surface area contributed by atoms with E-state index in [0.717, 1.165) is 5.56 Å². The zero-order valence-corrected chi connectivity index (χ0v) is 10.4. The lowest BCUT2D eigenvalue weighted by Crippen LogP contribution is -2.15. The summed E-state index contributed by atoms with van der Waals surface area (Å²) < 4.78 is 10.2. The van der Waals surface area contributed by atoms with Gasteiger partial charge in [-0.05, 0) is 18.6 Å². The molecule has 0 radical (unpaired) electrons. The van der Waals surface area contributed by atoms with Gasteiger partial charge in [0.15, 0.2) is 0 Å². The Labute approximate surface area is 107 Å². The van der Waals surface area contributed by atoms with Crippen molar-refractivity contribution in [2.75, 3.05) is 13.2 Å². The van der Waals surface area contributed by atoms with Gasteiger partial charge in [0, 0.05) is 6.08 Å². The van der Waals surface area contributed by atoms with Gasteiger partial charge < -0.3 is 14.6 Å². The van der Waals surface area contributed by atoms with E-state index in [0.29, 0.717) is 13.2 Å². The second kappa shape index (κ2) is 8.44. The van der Waals surface area contributed by atoms with E-state index in [9.17, 15) is 4.79 Å². The normalized spacial score (nSPS) is 12.6. The number of hydrogen-bond acceptors (Lipinski definition) is 4. The first-order valence-electron chi connectivity index (χ1n) is 5.87. The lowest BCUT2D eigenvalue weighted by molar-refractivity contribution is -0.137. The Bertz CT molecular complexity index is 373. The Kier molecular flexibility index (Phi) is 6.76. The van der Waals surface area contributed by atoms with Crippen molar-refractivity contribution in [1.82, 2.24) is 0 Å². The first kappa shape index (κ1) is 14.4. The fraction of sp³-hybridized carbons (Fsp3) is 0.357. The predicted octanol–water partition coefficient (Wildman–Crippen LogP) is 1.68. The third-order valence-electron chi connectivity index (χ3n) is 2.22. The molecule has 0 heterocycles. The highest BCUT2D eigenvalue weighted by Gasteiger charge is 2.05. The monoisotopic (exact) mass is 250 g/mol. The Morgan fingerprint density at radius 2 is 2.11 bits per heavy atom. The molecule has 0 unspecified atom stereocenters. The Hall–Kier alpha value is -1.65. The molecule has 1 atom stereocenters. The second-order valence-corrected chi connectivity index (χ2v) is 3.63. The van der Waals surface area contributed by atoms with Crippen LogP contribution in [0.5, 0.6) is 0 Å². The van der Waals surface area contributed by atoms with E-state index in [-0.39, 0.29) is 6.61 Å². The van der Waals surface area contributed by atoms with Crippen LogP contribution in [0.15, 0.2) is 42.5 Å². The van der Waals surface area contributed by atoms with Gasteiger partial charge in [0.1, 0.15) is 0 Å². The third-order valence-corrected chi connectivity index (χ3v) is 2.22. The molecule has 0 spiro atoms. The van der Waals surface area contributed by atoms with E-state index in [1.54, 1.807) is 6.92 Å². The van der Waals surface area contributed by atoms with Crippen molar-refractivity contribution in [3.8, 4) is 0 Å². The van der Waals surface area contributed by atoms with Crippen LogP contribution in [0.2, 0.25) is 0 Å². The minimum absolute atomic E-state index is 0.178. The second-order valence-electron chi connectivity index (χ2n) is 3.63. The summed E-state index contributed by atoms with van der Waals surface area (Å²) in [6.45, 7) is 2.28. The average molecular weight is 250 g/mol. The highest BCUT2D eigenvalue weighted by molar-refractivity contribution is 5.81. The molecular weight excluding hydrogens is 232 g/mol. The van der Waals surface area contributed by atoms with Crippen LogP contribution in [-0.4, -0.2) is 30.4 Å². The first-order valence-corrected chi connectivity index (χ1v) is 5.87. The predicted molar refractivity (Wildman–Crippen MR) is 67.9 cm³/mol. The Morgan fingerprint density at radius 1 is 1.39 bits per heavy atom. The highest BCUT2D eigenvalue weighted by Crippen LogP contribution is 2.04. The average Bonchev–Trinajstić information content (AvgIpc) is 2.40. The molecule has 4 nitrogen and oxygen atoms in total. The lowest BCUT2D eigenvalue weighted by atomic mass is 10.2. The number of carbonyl (C=O) groups is 1. The van der Waals surface area contributed by atoms with Crippen LogP contribution in [0.1, 0.15) is 12.5 Å². The quantitative estimate of drug-likeness (QED) is 0.591. The number of rotatable bonds is 7. The molecule has 0 aliphatic rings. The molecule has 1 N–H and O–H groups in total. The number of benzene rings is 1. The molecule has 0 aliphatic heterocycles. The number of aliphatic hydroxyl groups excluding tert-OH is 1. The molecule has 0 aliphatic carbocycles. The molecule has 0 aromatic heterocycles. The van der Waals surface area contributed by atoms with Crippen LogP contribution in [0.4, 0.5) is 0 Å². The van der Waals surface area contributed by atoms with E-state index in [4.69, 9.17) is 14.6 Å². The van der Waals surface area contributed by atoms with Crippen molar-refractivity contribution >= 4 is 5.97 Å². The fourth-order valence-electron chi connectivity index (χ4n) is 1.32. The van der Waals surface area contributed by atoms with Crippen LogP contribution in [0, 0.1) is 0 Å². The number of hydrogen-bond donors (Lipinski definition) is 1. The van der Waals surface area contributed by atoms with Crippen LogP contribution in [0.3, 0.4) is 0 Å². The van der Waals surface area contributed by atoms with E-state index in [2.05, 4.69) is 0 Å². The number of ether oxygens (including phenoxy) is 2. The summed E-state index contributed by atoms with van der Waals surface area (Å²) >= 11 is 0. The molecule has 1 aromatic carbocycles. The minimum Gasteiger partial charge on any atom is -0.463 e. The van der Waals surface area contributed by atoms with Gasteiger partial charge in [-0.1, -0.05) is 30.3 Å². The maximum Gasteiger partial charge on any atom is 0.330 e. The third kappa shape index (κ3) is 5.61. The maximum absolute atomic E-state index is 11.1. The van der Waals surface area contributed by atoms with Gasteiger partial charge in [0.05, 0.1) is 25.9 Å². The molecule has 1 aromatic rings. The van der Waals surface area contributed by atoms with Crippen molar-refractivity contribution in [2.24, 2.45) is 0 Å². The standard InChI is InChI=1S/C14H18O4/c1-2-17-14(16)9-8-13(10-15)18-11-12-6-4-3-5-7-12/h3-9,13,15H,2,10-11H2,1H3/b9-8-/t13-/m1/s1. The zero-order chi connectivity index (χ0) is 13.2. The Morgan fingerprint density at radius 3 is 2.72 bits per heavy atom. The highest BCUT2D eigenvalue weighted by atomic mass is 16.5. The van der Waals surface area contributed by atoms with Crippen molar-refractivity contribution in [1.29, 1.82) is 0 Å². The lowest BCUT2D eigenvalue weighted by Gasteiger charge is -2.11. The summed E-state index contributed by atoms with van der Waals surface area (Å²) in [7, 11) is 0. The van der Waals surface area contributed by atoms with Crippen LogP contribution >= 0.6 is 0 Å². The number of carbonyl (C=O) groups excluding carboxylic acids is 1. The van der Waals surface area contributed by atoms with Crippen LogP contribution in [-0.2, 0) is 20.9 Å². The summed E-state index contributed by atoms with van der Waals surface area (Å²) in [5.41, 5.74) is 1.01. The molecule has 0 bridgehead atoms. The topological polar surface area (TPSA) is 55.8 Å². The minimum atomic E-state index is -0.505. The molecular formula is C14H18O4. The van der Waals surface area contributed by atoms with Gasteiger partial charge in [-0.15, -0.1) is 0 Å². The summed E-state index contributed by atoms with van der Waals surface area (Å²) in [4.78, 5) is 11.1. The van der Waals surface area contributed by atoms with Gasteiger partial charge in [0.25, 0.3) is 0 Å². The van der Waals surface area contributed by atoms with Gasteiger partial charge in [-0.25, -0.2) is 4.79 Å². The summed E-state index contributed by atoms with van der Waals surface area (Å²) in [5.74, 6) is -0.431.